The van der Waals surface area contributed by atoms with E-state index in [-0.39, 0.29) is 11.9 Å². The number of likely N-dealkylation sites (N-methyl/N-ethyl adjacent to an activating group) is 1. The first-order chi connectivity index (χ1) is 10.2. The third kappa shape index (κ3) is 4.44. The molecule has 2 rings (SSSR count). The zero-order chi connectivity index (χ0) is 15.1. The SMILES string of the molecule is CCNC(=O)C1CNCCN1CCOc1ccccc1C. The molecule has 21 heavy (non-hydrogen) atoms. The molecule has 1 atom stereocenters. The largest absolute Gasteiger partial charge is 0.492 e. The van der Waals surface area contributed by atoms with E-state index in [0.29, 0.717) is 19.7 Å². The molecule has 0 spiro atoms. The van der Waals surface area contributed by atoms with Crippen molar-refractivity contribution in [2.75, 3.05) is 39.3 Å². The van der Waals surface area contributed by atoms with Crippen LogP contribution in [-0.2, 0) is 4.79 Å². The van der Waals surface area contributed by atoms with E-state index >= 15 is 0 Å². The minimum absolute atomic E-state index is 0.0978. The topological polar surface area (TPSA) is 53.6 Å². The lowest BCUT2D eigenvalue weighted by Gasteiger charge is -2.34. The number of piperazine rings is 1. The minimum atomic E-state index is -0.0980. The van der Waals surface area contributed by atoms with E-state index in [4.69, 9.17) is 4.74 Å². The second-order valence-corrected chi connectivity index (χ2v) is 5.26. The van der Waals surface area contributed by atoms with Gasteiger partial charge in [0, 0.05) is 32.7 Å². The van der Waals surface area contributed by atoms with E-state index in [1.165, 1.54) is 0 Å². The van der Waals surface area contributed by atoms with E-state index in [0.717, 1.165) is 30.9 Å². The molecular formula is C16H25N3O2. The molecule has 5 nitrogen and oxygen atoms in total. The molecule has 1 unspecified atom stereocenters. The van der Waals surface area contributed by atoms with Gasteiger partial charge in [-0.15, -0.1) is 0 Å². The monoisotopic (exact) mass is 291 g/mol. The number of aryl methyl sites for hydroxylation is 1. The Morgan fingerprint density at radius 2 is 2.29 bits per heavy atom. The summed E-state index contributed by atoms with van der Waals surface area (Å²) in [5.41, 5.74) is 1.14. The molecule has 1 aromatic rings. The lowest BCUT2D eigenvalue weighted by molar-refractivity contribution is -0.127. The molecule has 0 saturated carbocycles. The van der Waals surface area contributed by atoms with E-state index in [1.54, 1.807) is 0 Å². The maximum Gasteiger partial charge on any atom is 0.238 e. The number of carbonyl (C=O) groups excluding carboxylic acids is 1. The van der Waals surface area contributed by atoms with Crippen LogP contribution in [0.1, 0.15) is 12.5 Å². The molecule has 1 aromatic carbocycles. The van der Waals surface area contributed by atoms with Crippen LogP contribution in [0.15, 0.2) is 24.3 Å². The number of nitrogens with zero attached hydrogens (tertiary/aromatic N) is 1. The van der Waals surface area contributed by atoms with Crippen LogP contribution < -0.4 is 15.4 Å². The van der Waals surface area contributed by atoms with E-state index in [9.17, 15) is 4.79 Å². The molecule has 5 heteroatoms. The molecule has 0 radical (unpaired) electrons. The Bertz CT molecular complexity index is 465. The summed E-state index contributed by atoms with van der Waals surface area (Å²) in [7, 11) is 0. The molecule has 0 aromatic heterocycles. The lowest BCUT2D eigenvalue weighted by atomic mass is 10.1. The Hall–Kier alpha value is -1.59. The first kappa shape index (κ1) is 15.8. The van der Waals surface area contributed by atoms with Crippen molar-refractivity contribution in [1.82, 2.24) is 15.5 Å². The van der Waals surface area contributed by atoms with Crippen LogP contribution in [0.2, 0.25) is 0 Å². The van der Waals surface area contributed by atoms with Crippen molar-refractivity contribution < 1.29 is 9.53 Å². The minimum Gasteiger partial charge on any atom is -0.492 e. The molecule has 2 N–H and O–H groups in total. The highest BCUT2D eigenvalue weighted by Gasteiger charge is 2.27. The predicted octanol–water partition coefficient (Wildman–Crippen LogP) is 0.784. The number of rotatable bonds is 6. The first-order valence-electron chi connectivity index (χ1n) is 7.63. The smallest absolute Gasteiger partial charge is 0.238 e. The number of hydrogen-bond acceptors (Lipinski definition) is 4. The maximum atomic E-state index is 12.1. The highest BCUT2D eigenvalue weighted by molar-refractivity contribution is 5.82. The van der Waals surface area contributed by atoms with Gasteiger partial charge in [0.05, 0.1) is 0 Å². The standard InChI is InChI=1S/C16H25N3O2/c1-3-18-16(20)14-12-17-8-9-19(14)10-11-21-15-7-5-4-6-13(15)2/h4-7,14,17H,3,8-12H2,1-2H3,(H,18,20). The highest BCUT2D eigenvalue weighted by atomic mass is 16.5. The summed E-state index contributed by atoms with van der Waals surface area (Å²) < 4.78 is 5.83. The van der Waals surface area contributed by atoms with Gasteiger partial charge in [0.15, 0.2) is 0 Å². The van der Waals surface area contributed by atoms with Crippen LogP contribution in [0, 0.1) is 6.92 Å². The third-order valence-electron chi connectivity index (χ3n) is 3.74. The third-order valence-corrected chi connectivity index (χ3v) is 3.74. The van der Waals surface area contributed by atoms with Crippen LogP contribution >= 0.6 is 0 Å². The first-order valence-corrected chi connectivity index (χ1v) is 7.63. The number of nitrogens with one attached hydrogen (secondary N) is 2. The Morgan fingerprint density at radius 1 is 1.48 bits per heavy atom. The Morgan fingerprint density at radius 3 is 3.05 bits per heavy atom. The fourth-order valence-corrected chi connectivity index (χ4v) is 2.56. The zero-order valence-corrected chi connectivity index (χ0v) is 12.9. The molecule has 1 aliphatic heterocycles. The maximum absolute atomic E-state index is 12.1. The summed E-state index contributed by atoms with van der Waals surface area (Å²) in [6.45, 7) is 8.51. The average Bonchev–Trinajstić information content (AvgIpc) is 2.50. The fraction of sp³-hybridized carbons (Fsp3) is 0.562. The summed E-state index contributed by atoms with van der Waals surface area (Å²) in [6, 6.07) is 7.90. The van der Waals surface area contributed by atoms with Gasteiger partial charge in [0.2, 0.25) is 5.91 Å². The van der Waals surface area contributed by atoms with Gasteiger partial charge < -0.3 is 15.4 Å². The predicted molar refractivity (Wildman–Crippen MR) is 83.6 cm³/mol. The fourth-order valence-electron chi connectivity index (χ4n) is 2.56. The number of benzene rings is 1. The molecule has 116 valence electrons. The summed E-state index contributed by atoms with van der Waals surface area (Å²) in [6.07, 6.45) is 0. The van der Waals surface area contributed by atoms with Crippen molar-refractivity contribution in [2.24, 2.45) is 0 Å². The number of hydrogen-bond donors (Lipinski definition) is 2. The summed E-state index contributed by atoms with van der Waals surface area (Å²) in [4.78, 5) is 14.3. The Balaban J connectivity index is 1.85. The van der Waals surface area contributed by atoms with Gasteiger partial charge in [0.1, 0.15) is 18.4 Å². The molecule has 0 bridgehead atoms. The van der Waals surface area contributed by atoms with Gasteiger partial charge in [-0.25, -0.2) is 0 Å². The summed E-state index contributed by atoms with van der Waals surface area (Å²) >= 11 is 0. The van der Waals surface area contributed by atoms with Gasteiger partial charge in [-0.05, 0) is 25.5 Å². The van der Waals surface area contributed by atoms with E-state index < -0.39 is 0 Å². The number of carbonyl (C=O) groups is 1. The summed E-state index contributed by atoms with van der Waals surface area (Å²) in [5, 5.41) is 6.18. The second kappa shape index (κ2) is 8.00. The zero-order valence-electron chi connectivity index (χ0n) is 12.9. The average molecular weight is 291 g/mol. The van der Waals surface area contributed by atoms with Crippen LogP contribution in [0.5, 0.6) is 5.75 Å². The number of amides is 1. The van der Waals surface area contributed by atoms with Crippen molar-refractivity contribution in [3.63, 3.8) is 0 Å². The van der Waals surface area contributed by atoms with Gasteiger partial charge in [-0.1, -0.05) is 18.2 Å². The van der Waals surface area contributed by atoms with Crippen molar-refractivity contribution in [3.05, 3.63) is 29.8 Å². The van der Waals surface area contributed by atoms with Gasteiger partial charge in [-0.3, -0.25) is 9.69 Å². The van der Waals surface area contributed by atoms with Crippen molar-refractivity contribution in [2.45, 2.75) is 19.9 Å². The highest BCUT2D eigenvalue weighted by Crippen LogP contribution is 2.16. The Labute approximate surface area is 126 Å². The molecule has 1 saturated heterocycles. The second-order valence-electron chi connectivity index (χ2n) is 5.26. The summed E-state index contributed by atoms with van der Waals surface area (Å²) in [5.74, 6) is 1.02. The van der Waals surface area contributed by atoms with Crippen LogP contribution in [0.4, 0.5) is 0 Å². The molecular weight excluding hydrogens is 266 g/mol. The van der Waals surface area contributed by atoms with E-state index in [1.807, 2.05) is 38.1 Å². The van der Waals surface area contributed by atoms with Gasteiger partial charge in [-0.2, -0.15) is 0 Å². The molecule has 1 aliphatic rings. The van der Waals surface area contributed by atoms with Gasteiger partial charge >= 0.3 is 0 Å². The van der Waals surface area contributed by atoms with Crippen LogP contribution in [0.25, 0.3) is 0 Å². The molecule has 0 aliphatic carbocycles. The van der Waals surface area contributed by atoms with Gasteiger partial charge in [0.25, 0.3) is 0 Å². The quantitative estimate of drug-likeness (QED) is 0.813. The lowest BCUT2D eigenvalue weighted by Crippen LogP contribution is -2.58. The molecule has 1 fully saturated rings. The number of ether oxygens (including phenoxy) is 1. The number of para-hydroxylation sites is 1. The van der Waals surface area contributed by atoms with Crippen molar-refractivity contribution in [3.8, 4) is 5.75 Å². The molecule has 1 amide bonds. The van der Waals surface area contributed by atoms with Crippen molar-refractivity contribution in [1.29, 1.82) is 0 Å². The van der Waals surface area contributed by atoms with E-state index in [2.05, 4.69) is 15.5 Å². The Kier molecular flexibility index (Phi) is 6.02. The van der Waals surface area contributed by atoms with Crippen LogP contribution in [-0.4, -0.2) is 56.2 Å². The van der Waals surface area contributed by atoms with Crippen molar-refractivity contribution >= 4 is 5.91 Å². The van der Waals surface area contributed by atoms with Crippen LogP contribution in [0.3, 0.4) is 0 Å². The molecule has 1 heterocycles. The normalized spacial score (nSPS) is 19.2.